The van der Waals surface area contributed by atoms with Gasteiger partial charge < -0.3 is 14.7 Å². The molecule has 1 aliphatic carbocycles. The van der Waals surface area contributed by atoms with Crippen molar-refractivity contribution in [3.05, 3.63) is 76.3 Å². The Morgan fingerprint density at radius 3 is 2.54 bits per heavy atom. The largest absolute Gasteiger partial charge is 0.480 e. The summed E-state index contributed by atoms with van der Waals surface area (Å²) in [5.74, 6) is -1.84. The van der Waals surface area contributed by atoms with E-state index >= 15 is 0 Å². The average molecular weight is 563 g/mol. The lowest BCUT2D eigenvalue weighted by Gasteiger charge is -2.27. The zero-order chi connectivity index (χ0) is 26.2. The van der Waals surface area contributed by atoms with E-state index in [0.29, 0.717) is 42.5 Å². The molecule has 0 bridgehead atoms. The molecule has 2 fully saturated rings. The van der Waals surface area contributed by atoms with Crippen molar-refractivity contribution in [1.29, 1.82) is 0 Å². The Bertz CT molecular complexity index is 1340. The number of carbonyl (C=O) groups is 2. The number of halogens is 1. The molecule has 2 aliphatic heterocycles. The van der Waals surface area contributed by atoms with Crippen LogP contribution in [0.4, 0.5) is 0 Å². The van der Waals surface area contributed by atoms with E-state index in [4.69, 9.17) is 16.3 Å². The van der Waals surface area contributed by atoms with Crippen LogP contribution in [0.3, 0.4) is 0 Å². The molecule has 1 amide bonds. The summed E-state index contributed by atoms with van der Waals surface area (Å²) in [7, 11) is -3.98. The van der Waals surface area contributed by atoms with Crippen molar-refractivity contribution in [3.63, 3.8) is 0 Å². The van der Waals surface area contributed by atoms with Gasteiger partial charge in [0.2, 0.25) is 15.9 Å². The highest BCUT2D eigenvalue weighted by Crippen LogP contribution is 2.54. The van der Waals surface area contributed by atoms with E-state index in [1.165, 1.54) is 11.8 Å². The fourth-order valence-electron chi connectivity index (χ4n) is 4.90. The number of rotatable bonds is 8. The van der Waals surface area contributed by atoms with Gasteiger partial charge in [-0.2, -0.15) is 4.72 Å². The molecule has 3 aliphatic rings. The molecule has 1 saturated heterocycles. The van der Waals surface area contributed by atoms with Gasteiger partial charge in [-0.15, -0.1) is 11.8 Å². The van der Waals surface area contributed by atoms with E-state index in [0.717, 1.165) is 10.5 Å². The Labute approximate surface area is 225 Å². The van der Waals surface area contributed by atoms with E-state index in [1.807, 2.05) is 24.3 Å². The van der Waals surface area contributed by atoms with Crippen LogP contribution in [0, 0.1) is 0 Å². The van der Waals surface area contributed by atoms with Crippen LogP contribution in [0.2, 0.25) is 5.02 Å². The smallest absolute Gasteiger partial charge is 0.325 e. The molecule has 0 radical (unpaired) electrons. The van der Waals surface area contributed by atoms with Crippen molar-refractivity contribution in [2.45, 2.75) is 35.3 Å². The summed E-state index contributed by atoms with van der Waals surface area (Å²) < 4.78 is 33.7. The fraction of sp³-hybridized carbons (Fsp3) is 0.385. The molecule has 0 aromatic heterocycles. The number of carboxylic acids is 1. The third-order valence-corrected chi connectivity index (χ3v) is 11.0. The first kappa shape index (κ1) is 26.2. The van der Waals surface area contributed by atoms with Crippen LogP contribution >= 0.6 is 23.4 Å². The second-order valence-corrected chi connectivity index (χ2v) is 13.2. The van der Waals surface area contributed by atoms with Gasteiger partial charge in [-0.1, -0.05) is 54.1 Å². The minimum absolute atomic E-state index is 0.0546. The van der Waals surface area contributed by atoms with E-state index in [-0.39, 0.29) is 25.2 Å². The molecule has 196 valence electrons. The first-order valence-electron chi connectivity index (χ1n) is 12.0. The number of nitrogens with zero attached hydrogens (tertiary/aromatic N) is 1. The lowest BCUT2D eigenvalue weighted by atomic mass is 9.97. The number of carbonyl (C=O) groups excluding carboxylic acids is 1. The summed E-state index contributed by atoms with van der Waals surface area (Å²) in [5, 5.41) is 10.7. The van der Waals surface area contributed by atoms with Gasteiger partial charge >= 0.3 is 5.97 Å². The maximum absolute atomic E-state index is 13.3. The van der Waals surface area contributed by atoms with Gasteiger partial charge in [-0.3, -0.25) is 9.59 Å². The Morgan fingerprint density at radius 1 is 1.14 bits per heavy atom. The number of carboxylic acid groups (broad SMARTS) is 1. The van der Waals surface area contributed by atoms with E-state index in [9.17, 15) is 23.1 Å². The molecule has 3 unspecified atom stereocenters. The number of hydrogen-bond acceptors (Lipinski definition) is 6. The molecule has 37 heavy (non-hydrogen) atoms. The summed E-state index contributed by atoms with van der Waals surface area (Å²) in [4.78, 5) is 27.8. The summed E-state index contributed by atoms with van der Waals surface area (Å²) >= 11 is 7.15. The van der Waals surface area contributed by atoms with Crippen molar-refractivity contribution in [3.8, 4) is 0 Å². The molecule has 8 nitrogen and oxygen atoms in total. The highest BCUT2D eigenvalue weighted by atomic mass is 35.5. The second-order valence-electron chi connectivity index (χ2n) is 9.41. The zero-order valence-corrected chi connectivity index (χ0v) is 22.3. The summed E-state index contributed by atoms with van der Waals surface area (Å²) in [6.45, 7) is 2.03. The van der Waals surface area contributed by atoms with Crippen molar-refractivity contribution in [2.75, 3.05) is 26.3 Å². The first-order chi connectivity index (χ1) is 17.7. The third-order valence-electron chi connectivity index (χ3n) is 7.03. The van der Waals surface area contributed by atoms with Crippen LogP contribution < -0.4 is 4.72 Å². The number of benzene rings is 2. The molecule has 11 heteroatoms. The highest BCUT2D eigenvalue weighted by Gasteiger charge is 2.64. The van der Waals surface area contributed by atoms with Gasteiger partial charge in [0, 0.05) is 28.9 Å². The molecule has 2 aromatic carbocycles. The number of sulfonamides is 1. The number of ether oxygens (including phenoxy) is 1. The average Bonchev–Trinajstić information content (AvgIpc) is 3.37. The number of aliphatic carboxylic acids is 1. The fourth-order valence-corrected chi connectivity index (χ4v) is 8.23. The minimum Gasteiger partial charge on any atom is -0.480 e. The molecule has 2 N–H and O–H groups in total. The number of nitrogens with one attached hydrogen (secondary N) is 1. The van der Waals surface area contributed by atoms with Crippen molar-refractivity contribution >= 4 is 50.2 Å². The van der Waals surface area contributed by atoms with Crippen LogP contribution in [0.5, 0.6) is 0 Å². The predicted octanol–water partition coefficient (Wildman–Crippen LogP) is 3.48. The number of allylic oxidation sites excluding steroid dienone is 1. The van der Waals surface area contributed by atoms with Crippen LogP contribution in [0.15, 0.2) is 54.6 Å². The lowest BCUT2D eigenvalue weighted by molar-refractivity contribution is -0.140. The van der Waals surface area contributed by atoms with Crippen LogP contribution in [-0.4, -0.2) is 66.7 Å². The minimum atomic E-state index is -3.98. The number of morpholine rings is 1. The van der Waals surface area contributed by atoms with Gasteiger partial charge in [-0.25, -0.2) is 8.42 Å². The highest BCUT2D eigenvalue weighted by molar-refractivity contribution is 8.18. The molecular formula is C26H27ClN2O6S2. The standard InChI is InChI=1S/C26H27ClN2O6S2/c27-19-7-5-17(6-8-19)22-9-10-24(36-22)37(33,34)28-26(25(31)32)16-21(26)20-4-2-1-3-18(20)15-23(30)29-11-13-35-14-12-29/h1-9,21,24,28H,10-16H2,(H,31,32). The topological polar surface area (TPSA) is 113 Å². The van der Waals surface area contributed by atoms with Crippen molar-refractivity contribution in [2.24, 2.45) is 0 Å². The monoisotopic (exact) mass is 562 g/mol. The van der Waals surface area contributed by atoms with Gasteiger partial charge in [0.25, 0.3) is 0 Å². The Balaban J connectivity index is 1.31. The summed E-state index contributed by atoms with van der Waals surface area (Å²) in [6.07, 6.45) is 2.37. The maximum Gasteiger partial charge on any atom is 0.325 e. The molecule has 3 atom stereocenters. The van der Waals surface area contributed by atoms with Gasteiger partial charge in [0.1, 0.15) is 10.1 Å². The Kier molecular flexibility index (Phi) is 7.39. The number of hydrogen-bond donors (Lipinski definition) is 2. The normalized spacial score (nSPS) is 25.5. The SMILES string of the molecule is O=C(Cc1ccccc1C1CC1(NS(=O)(=O)C1CC=C(c2ccc(Cl)cc2)S1)C(=O)O)N1CCOCC1. The van der Waals surface area contributed by atoms with E-state index < -0.39 is 32.0 Å². The van der Waals surface area contributed by atoms with E-state index in [2.05, 4.69) is 4.72 Å². The van der Waals surface area contributed by atoms with Gasteiger partial charge in [-0.05, 0) is 41.7 Å². The maximum atomic E-state index is 13.3. The molecule has 1 saturated carbocycles. The summed E-state index contributed by atoms with van der Waals surface area (Å²) in [6, 6.07) is 14.3. The van der Waals surface area contributed by atoms with Crippen LogP contribution in [0.25, 0.3) is 4.91 Å². The van der Waals surface area contributed by atoms with Crippen molar-refractivity contribution < 1.29 is 27.9 Å². The zero-order valence-electron chi connectivity index (χ0n) is 19.9. The summed E-state index contributed by atoms with van der Waals surface area (Å²) in [5.41, 5.74) is 0.630. The van der Waals surface area contributed by atoms with E-state index in [1.54, 1.807) is 35.2 Å². The first-order valence-corrected chi connectivity index (χ1v) is 14.8. The molecular weight excluding hydrogens is 536 g/mol. The van der Waals surface area contributed by atoms with Crippen molar-refractivity contribution in [1.82, 2.24) is 9.62 Å². The molecule has 0 spiro atoms. The predicted molar refractivity (Wildman–Crippen MR) is 143 cm³/mol. The van der Waals surface area contributed by atoms with Gasteiger partial charge in [0.15, 0.2) is 0 Å². The Morgan fingerprint density at radius 2 is 1.84 bits per heavy atom. The second kappa shape index (κ2) is 10.4. The Hall–Kier alpha value is -2.37. The molecule has 2 heterocycles. The van der Waals surface area contributed by atoms with Crippen LogP contribution in [-0.2, 0) is 30.8 Å². The van der Waals surface area contributed by atoms with Gasteiger partial charge in [0.05, 0.1) is 19.6 Å². The molecule has 5 rings (SSSR count). The third kappa shape index (κ3) is 5.44. The molecule has 2 aromatic rings. The lowest BCUT2D eigenvalue weighted by Crippen LogP contribution is -2.47. The quantitative estimate of drug-likeness (QED) is 0.506. The number of thioether (sulfide) groups is 1. The number of amides is 1. The van der Waals surface area contributed by atoms with Crippen LogP contribution in [0.1, 0.15) is 35.4 Å².